The van der Waals surface area contributed by atoms with E-state index in [0.717, 1.165) is 12.0 Å². The van der Waals surface area contributed by atoms with Gasteiger partial charge in [-0.15, -0.1) is 0 Å². The van der Waals surface area contributed by atoms with Crippen LogP contribution in [0.25, 0.3) is 0 Å². The molecule has 1 aliphatic rings. The minimum Gasteiger partial charge on any atom is -0.391 e. The van der Waals surface area contributed by atoms with Crippen LogP contribution in [0.15, 0.2) is 30.3 Å². The van der Waals surface area contributed by atoms with Gasteiger partial charge in [0.25, 0.3) is 0 Å². The fraction of sp³-hybridized carbons (Fsp3) is 0.625. The fourth-order valence-corrected chi connectivity index (χ4v) is 2.59. The Bertz CT molecular complexity index is 355. The molecule has 1 saturated carbocycles. The van der Waals surface area contributed by atoms with Crippen molar-refractivity contribution in [2.45, 2.75) is 45.8 Å². The first-order valence-corrected chi connectivity index (χ1v) is 6.92. The minimum atomic E-state index is -0.321. The summed E-state index contributed by atoms with van der Waals surface area (Å²) in [6.45, 7) is 5.55. The summed E-state index contributed by atoms with van der Waals surface area (Å²) >= 11 is 0. The number of hydrogen-bond acceptors (Lipinski definition) is 2. The Morgan fingerprint density at radius 3 is 2.44 bits per heavy atom. The lowest BCUT2D eigenvalue weighted by atomic mass is 9.87. The SMILES string of the molecule is CC(C)C1(C[C@@H](O)COCc2ccccc2)CC1. The van der Waals surface area contributed by atoms with E-state index in [9.17, 15) is 5.11 Å². The summed E-state index contributed by atoms with van der Waals surface area (Å²) in [5.74, 6) is 0.668. The number of benzene rings is 1. The maximum absolute atomic E-state index is 10.0. The van der Waals surface area contributed by atoms with E-state index < -0.39 is 0 Å². The second-order valence-corrected chi connectivity index (χ2v) is 5.88. The van der Waals surface area contributed by atoms with Crippen LogP contribution < -0.4 is 0 Å². The van der Waals surface area contributed by atoms with Gasteiger partial charge in [-0.2, -0.15) is 0 Å². The second-order valence-electron chi connectivity index (χ2n) is 5.88. The molecule has 0 amide bonds. The van der Waals surface area contributed by atoms with Gasteiger partial charge < -0.3 is 9.84 Å². The average molecular weight is 248 g/mol. The van der Waals surface area contributed by atoms with Crippen molar-refractivity contribution < 1.29 is 9.84 Å². The predicted octanol–water partition coefficient (Wildman–Crippen LogP) is 3.39. The lowest BCUT2D eigenvalue weighted by Crippen LogP contribution is -2.23. The molecule has 0 aromatic heterocycles. The zero-order valence-electron chi connectivity index (χ0n) is 11.4. The number of ether oxygens (including phenoxy) is 1. The van der Waals surface area contributed by atoms with Crippen molar-refractivity contribution >= 4 is 0 Å². The molecule has 2 nitrogen and oxygen atoms in total. The second kappa shape index (κ2) is 5.85. The molecule has 1 aromatic carbocycles. The van der Waals surface area contributed by atoms with E-state index in [1.807, 2.05) is 30.3 Å². The van der Waals surface area contributed by atoms with Crippen molar-refractivity contribution in [2.75, 3.05) is 6.61 Å². The van der Waals surface area contributed by atoms with Crippen molar-refractivity contribution in [3.8, 4) is 0 Å². The number of aliphatic hydroxyl groups excluding tert-OH is 1. The number of rotatable bonds is 7. The van der Waals surface area contributed by atoms with Crippen LogP contribution in [0, 0.1) is 11.3 Å². The quantitative estimate of drug-likeness (QED) is 0.801. The van der Waals surface area contributed by atoms with Gasteiger partial charge in [0, 0.05) is 0 Å². The molecule has 0 unspecified atom stereocenters. The van der Waals surface area contributed by atoms with Crippen LogP contribution in [0.5, 0.6) is 0 Å². The van der Waals surface area contributed by atoms with Gasteiger partial charge >= 0.3 is 0 Å². The van der Waals surface area contributed by atoms with Crippen LogP contribution in [0.1, 0.15) is 38.7 Å². The molecule has 1 aromatic rings. The van der Waals surface area contributed by atoms with Gasteiger partial charge in [-0.25, -0.2) is 0 Å². The van der Waals surface area contributed by atoms with E-state index in [0.29, 0.717) is 24.5 Å². The summed E-state index contributed by atoms with van der Waals surface area (Å²) in [6, 6.07) is 10.1. The molecule has 2 rings (SSSR count). The van der Waals surface area contributed by atoms with E-state index in [-0.39, 0.29) is 6.10 Å². The first kappa shape index (κ1) is 13.6. The van der Waals surface area contributed by atoms with Crippen LogP contribution in [-0.2, 0) is 11.3 Å². The van der Waals surface area contributed by atoms with Crippen LogP contribution in [0.2, 0.25) is 0 Å². The molecule has 0 aliphatic heterocycles. The van der Waals surface area contributed by atoms with E-state index in [1.54, 1.807) is 0 Å². The van der Waals surface area contributed by atoms with E-state index in [4.69, 9.17) is 4.74 Å². The topological polar surface area (TPSA) is 29.5 Å². The Kier molecular flexibility index (Phi) is 4.41. The zero-order valence-corrected chi connectivity index (χ0v) is 11.4. The van der Waals surface area contributed by atoms with E-state index in [2.05, 4.69) is 13.8 Å². The summed E-state index contributed by atoms with van der Waals surface area (Å²) in [7, 11) is 0. The predicted molar refractivity (Wildman–Crippen MR) is 73.2 cm³/mol. The molecule has 1 N–H and O–H groups in total. The maximum Gasteiger partial charge on any atom is 0.0779 e. The first-order valence-electron chi connectivity index (χ1n) is 6.92. The highest BCUT2D eigenvalue weighted by Gasteiger charge is 2.46. The summed E-state index contributed by atoms with van der Waals surface area (Å²) in [5.41, 5.74) is 1.56. The molecule has 0 saturated heterocycles. The van der Waals surface area contributed by atoms with Gasteiger partial charge in [-0.05, 0) is 36.2 Å². The van der Waals surface area contributed by atoms with Crippen LogP contribution in [0.3, 0.4) is 0 Å². The standard InChI is InChI=1S/C16H24O2/c1-13(2)16(8-9-16)10-15(17)12-18-11-14-6-4-3-5-7-14/h3-7,13,15,17H,8-12H2,1-2H3/t15-/m1/s1. The van der Waals surface area contributed by atoms with Gasteiger partial charge in [-0.3, -0.25) is 0 Å². The summed E-state index contributed by atoms with van der Waals surface area (Å²) in [5, 5.41) is 10.0. The molecule has 0 spiro atoms. The number of aliphatic hydroxyl groups is 1. The molecular weight excluding hydrogens is 224 g/mol. The normalized spacial score (nSPS) is 18.9. The zero-order chi connectivity index (χ0) is 13.0. The Morgan fingerprint density at radius 1 is 1.22 bits per heavy atom. The van der Waals surface area contributed by atoms with Crippen molar-refractivity contribution in [3.63, 3.8) is 0 Å². The molecule has 1 atom stereocenters. The van der Waals surface area contributed by atoms with Gasteiger partial charge in [0.15, 0.2) is 0 Å². The third-order valence-electron chi connectivity index (χ3n) is 4.18. The Labute approximate surface area is 110 Å². The number of hydrogen-bond donors (Lipinski definition) is 1. The average Bonchev–Trinajstić information content (AvgIpc) is 3.11. The summed E-state index contributed by atoms with van der Waals surface area (Å²) in [6.07, 6.45) is 3.10. The molecule has 1 aliphatic carbocycles. The highest BCUT2D eigenvalue weighted by Crippen LogP contribution is 2.55. The van der Waals surface area contributed by atoms with Crippen molar-refractivity contribution in [1.29, 1.82) is 0 Å². The molecule has 1 fully saturated rings. The van der Waals surface area contributed by atoms with E-state index >= 15 is 0 Å². The maximum atomic E-state index is 10.0. The monoisotopic (exact) mass is 248 g/mol. The highest BCUT2D eigenvalue weighted by molar-refractivity contribution is 5.13. The lowest BCUT2D eigenvalue weighted by molar-refractivity contribution is 0.00969. The van der Waals surface area contributed by atoms with Crippen LogP contribution in [0.4, 0.5) is 0 Å². The van der Waals surface area contributed by atoms with Crippen molar-refractivity contribution in [3.05, 3.63) is 35.9 Å². The van der Waals surface area contributed by atoms with Crippen molar-refractivity contribution in [2.24, 2.45) is 11.3 Å². The van der Waals surface area contributed by atoms with Gasteiger partial charge in [0.1, 0.15) is 0 Å². The first-order chi connectivity index (χ1) is 8.62. The summed E-state index contributed by atoms with van der Waals surface area (Å²) < 4.78 is 5.58. The lowest BCUT2D eigenvalue weighted by Gasteiger charge is -2.22. The van der Waals surface area contributed by atoms with E-state index in [1.165, 1.54) is 12.8 Å². The van der Waals surface area contributed by atoms with Gasteiger partial charge in [0.2, 0.25) is 0 Å². The molecule has 100 valence electrons. The summed E-state index contributed by atoms with van der Waals surface area (Å²) in [4.78, 5) is 0. The van der Waals surface area contributed by atoms with Gasteiger partial charge in [-0.1, -0.05) is 44.2 Å². The Morgan fingerprint density at radius 2 is 1.89 bits per heavy atom. The largest absolute Gasteiger partial charge is 0.391 e. The molecule has 0 radical (unpaired) electrons. The smallest absolute Gasteiger partial charge is 0.0779 e. The fourth-order valence-electron chi connectivity index (χ4n) is 2.59. The molecule has 18 heavy (non-hydrogen) atoms. The molecular formula is C16H24O2. The van der Waals surface area contributed by atoms with Crippen LogP contribution in [-0.4, -0.2) is 17.8 Å². The molecule has 2 heteroatoms. The molecule has 0 bridgehead atoms. The van der Waals surface area contributed by atoms with Crippen molar-refractivity contribution in [1.82, 2.24) is 0 Å². The highest BCUT2D eigenvalue weighted by atomic mass is 16.5. The van der Waals surface area contributed by atoms with Crippen LogP contribution >= 0.6 is 0 Å². The molecule has 0 heterocycles. The third kappa shape index (κ3) is 3.56. The third-order valence-corrected chi connectivity index (χ3v) is 4.18. The Balaban J connectivity index is 1.68. The minimum absolute atomic E-state index is 0.321. The van der Waals surface area contributed by atoms with Gasteiger partial charge in [0.05, 0.1) is 19.3 Å². The Hall–Kier alpha value is -0.860.